The molecule has 1 amide bonds. The number of nitro groups is 1. The summed E-state index contributed by atoms with van der Waals surface area (Å²) in [5.74, 6) is -1.06. The van der Waals surface area contributed by atoms with Gasteiger partial charge >= 0.3 is 0 Å². The van der Waals surface area contributed by atoms with Crippen molar-refractivity contribution < 1.29 is 18.8 Å². The van der Waals surface area contributed by atoms with Crippen molar-refractivity contribution in [3.63, 3.8) is 0 Å². The largest absolute Gasteiger partial charge is 0.378 e. The van der Waals surface area contributed by atoms with E-state index in [9.17, 15) is 24.6 Å². The van der Waals surface area contributed by atoms with E-state index < -0.39 is 16.6 Å². The zero-order valence-electron chi connectivity index (χ0n) is 19.8. The normalized spacial score (nSPS) is 13.8. The maximum Gasteiger partial charge on any atom is 0.294 e. The molecule has 1 aliphatic heterocycles. The molecule has 0 bridgehead atoms. The molecule has 9 nitrogen and oxygen atoms in total. The number of nitrogens with one attached hydrogen (secondary N) is 1. The van der Waals surface area contributed by atoms with Gasteiger partial charge in [0.05, 0.1) is 23.8 Å². The fourth-order valence-electron chi connectivity index (χ4n) is 4.24. The van der Waals surface area contributed by atoms with Crippen molar-refractivity contribution in [1.82, 2.24) is 4.57 Å². The second-order valence-corrected chi connectivity index (χ2v) is 8.32. The number of anilines is 2. The molecule has 1 aromatic heterocycles. The molecule has 0 saturated carbocycles. The van der Waals surface area contributed by atoms with Crippen molar-refractivity contribution in [2.45, 2.75) is 13.8 Å². The molecule has 4 rings (SSSR count). The lowest BCUT2D eigenvalue weighted by molar-refractivity contribution is -0.384. The van der Waals surface area contributed by atoms with Gasteiger partial charge in [-0.3, -0.25) is 14.9 Å². The number of hydrogen-bond acceptors (Lipinski definition) is 6. The Labute approximate surface area is 207 Å². The average Bonchev–Trinajstić information content (AvgIpc) is 3.16. The Morgan fingerprint density at radius 3 is 2.50 bits per heavy atom. The topological polar surface area (TPSA) is 113 Å². The Morgan fingerprint density at radius 1 is 1.17 bits per heavy atom. The highest BCUT2D eigenvalue weighted by atomic mass is 19.1. The molecule has 2 aromatic carbocycles. The van der Waals surface area contributed by atoms with E-state index in [1.54, 1.807) is 12.1 Å². The number of amides is 1. The number of halogens is 1. The van der Waals surface area contributed by atoms with Crippen LogP contribution in [0.25, 0.3) is 11.8 Å². The molecule has 0 spiro atoms. The first-order chi connectivity index (χ1) is 17.3. The fraction of sp³-hybridized carbons (Fsp3) is 0.231. The number of morpholine rings is 1. The Balaban J connectivity index is 1.66. The predicted octanol–water partition coefficient (Wildman–Crippen LogP) is 4.52. The Morgan fingerprint density at radius 2 is 1.86 bits per heavy atom. The lowest BCUT2D eigenvalue weighted by Gasteiger charge is -2.28. The molecule has 36 heavy (non-hydrogen) atoms. The Hall–Kier alpha value is -4.49. The van der Waals surface area contributed by atoms with Gasteiger partial charge in [0.2, 0.25) is 0 Å². The van der Waals surface area contributed by atoms with E-state index in [0.29, 0.717) is 54.6 Å². The summed E-state index contributed by atoms with van der Waals surface area (Å²) in [6, 6.07) is 14.0. The summed E-state index contributed by atoms with van der Waals surface area (Å²) in [6.07, 6.45) is 1.47. The summed E-state index contributed by atoms with van der Waals surface area (Å²) in [5.41, 5.74) is 3.48. The van der Waals surface area contributed by atoms with Crippen LogP contribution in [-0.4, -0.2) is 41.7 Å². The number of carbonyl (C=O) groups excluding carboxylic acids is 1. The molecular weight excluding hydrogens is 465 g/mol. The molecule has 0 unspecified atom stereocenters. The van der Waals surface area contributed by atoms with Gasteiger partial charge in [0.15, 0.2) is 0 Å². The summed E-state index contributed by atoms with van der Waals surface area (Å²) >= 11 is 0. The van der Waals surface area contributed by atoms with Gasteiger partial charge in [-0.15, -0.1) is 0 Å². The van der Waals surface area contributed by atoms with Crippen molar-refractivity contribution in [3.8, 4) is 11.8 Å². The predicted molar refractivity (Wildman–Crippen MR) is 134 cm³/mol. The standard InChI is InChI=1S/C26H24FN5O4/c1-17-13-19(14-20(16-28)26(33)29-22-5-3-21(27)4-6-22)18(2)31(17)23-7-8-24(25(15-23)32(34)35)30-9-11-36-12-10-30/h3-8,13-15H,9-12H2,1-2H3,(H,29,33)/b20-14+. The molecule has 3 aromatic rings. The van der Waals surface area contributed by atoms with E-state index in [1.165, 1.54) is 36.4 Å². The van der Waals surface area contributed by atoms with E-state index in [2.05, 4.69) is 5.32 Å². The second kappa shape index (κ2) is 10.4. The average molecular weight is 490 g/mol. The van der Waals surface area contributed by atoms with Crippen LogP contribution in [-0.2, 0) is 9.53 Å². The van der Waals surface area contributed by atoms with Gasteiger partial charge in [-0.25, -0.2) is 4.39 Å². The summed E-state index contributed by atoms with van der Waals surface area (Å²) < 4.78 is 20.3. The van der Waals surface area contributed by atoms with Crippen LogP contribution < -0.4 is 10.2 Å². The highest BCUT2D eigenvalue weighted by molar-refractivity contribution is 6.09. The van der Waals surface area contributed by atoms with Gasteiger partial charge in [0.1, 0.15) is 23.1 Å². The van der Waals surface area contributed by atoms with Gasteiger partial charge in [-0.05, 0) is 68.0 Å². The minimum atomic E-state index is -0.626. The van der Waals surface area contributed by atoms with Crippen LogP contribution >= 0.6 is 0 Å². The van der Waals surface area contributed by atoms with E-state index >= 15 is 0 Å². The number of carbonyl (C=O) groups is 1. The maximum absolute atomic E-state index is 13.1. The lowest BCUT2D eigenvalue weighted by Crippen LogP contribution is -2.36. The summed E-state index contributed by atoms with van der Waals surface area (Å²) in [4.78, 5) is 26.0. The van der Waals surface area contributed by atoms with Gasteiger partial charge in [0, 0.05) is 36.2 Å². The highest BCUT2D eigenvalue weighted by Crippen LogP contribution is 2.33. The smallest absolute Gasteiger partial charge is 0.294 e. The van der Waals surface area contributed by atoms with Gasteiger partial charge < -0.3 is 19.5 Å². The van der Waals surface area contributed by atoms with E-state index in [4.69, 9.17) is 4.74 Å². The number of nitro benzene ring substituents is 1. The van der Waals surface area contributed by atoms with Crippen LogP contribution in [0.3, 0.4) is 0 Å². The highest BCUT2D eigenvalue weighted by Gasteiger charge is 2.23. The first kappa shape index (κ1) is 24.6. The molecule has 1 saturated heterocycles. The number of nitrogens with zero attached hydrogens (tertiary/aromatic N) is 4. The fourth-order valence-corrected chi connectivity index (χ4v) is 4.24. The quantitative estimate of drug-likeness (QED) is 0.236. The number of ether oxygens (including phenoxy) is 1. The summed E-state index contributed by atoms with van der Waals surface area (Å²) in [6.45, 7) is 5.84. The van der Waals surface area contributed by atoms with Crippen LogP contribution in [0, 0.1) is 41.1 Å². The molecule has 2 heterocycles. The van der Waals surface area contributed by atoms with Crippen molar-refractivity contribution in [3.05, 3.63) is 87.0 Å². The Bertz CT molecular complexity index is 1380. The molecule has 0 radical (unpaired) electrons. The molecule has 1 fully saturated rings. The summed E-state index contributed by atoms with van der Waals surface area (Å²) in [7, 11) is 0. The first-order valence-corrected chi connectivity index (χ1v) is 11.3. The van der Waals surface area contributed by atoms with Crippen LogP contribution in [0.15, 0.2) is 54.1 Å². The maximum atomic E-state index is 13.1. The minimum Gasteiger partial charge on any atom is -0.378 e. The third kappa shape index (κ3) is 5.11. The molecule has 184 valence electrons. The molecule has 10 heteroatoms. The van der Waals surface area contributed by atoms with Crippen LogP contribution in [0.5, 0.6) is 0 Å². The second-order valence-electron chi connectivity index (χ2n) is 8.32. The molecule has 1 N–H and O–H groups in total. The molecular formula is C26H24FN5O4. The third-order valence-electron chi connectivity index (χ3n) is 6.00. The number of aromatic nitrogens is 1. The van der Waals surface area contributed by atoms with Crippen molar-refractivity contribution in [2.24, 2.45) is 0 Å². The minimum absolute atomic E-state index is 0.00428. The van der Waals surface area contributed by atoms with Gasteiger partial charge in [0.25, 0.3) is 11.6 Å². The zero-order chi connectivity index (χ0) is 25.8. The lowest BCUT2D eigenvalue weighted by atomic mass is 10.1. The number of benzene rings is 2. The number of aryl methyl sites for hydroxylation is 1. The van der Waals surface area contributed by atoms with Crippen molar-refractivity contribution >= 4 is 29.0 Å². The van der Waals surface area contributed by atoms with E-state index in [0.717, 1.165) is 5.69 Å². The number of hydrogen-bond donors (Lipinski definition) is 1. The first-order valence-electron chi connectivity index (χ1n) is 11.3. The van der Waals surface area contributed by atoms with Gasteiger partial charge in [-0.2, -0.15) is 5.26 Å². The van der Waals surface area contributed by atoms with Crippen LogP contribution in [0.4, 0.5) is 21.5 Å². The number of rotatable bonds is 6. The number of nitriles is 1. The van der Waals surface area contributed by atoms with E-state index in [1.807, 2.05) is 35.5 Å². The zero-order valence-corrected chi connectivity index (χ0v) is 19.8. The van der Waals surface area contributed by atoms with Crippen LogP contribution in [0.2, 0.25) is 0 Å². The van der Waals surface area contributed by atoms with E-state index in [-0.39, 0.29) is 11.3 Å². The Kier molecular flexibility index (Phi) is 7.12. The SMILES string of the molecule is Cc1cc(/C=C(\C#N)C(=O)Nc2ccc(F)cc2)c(C)n1-c1ccc(N2CCOCC2)c([N+](=O)[O-])c1. The summed E-state index contributed by atoms with van der Waals surface area (Å²) in [5, 5.41) is 24.0. The third-order valence-corrected chi connectivity index (χ3v) is 6.00. The molecule has 0 aliphatic carbocycles. The molecule has 1 aliphatic rings. The van der Waals surface area contributed by atoms with Crippen molar-refractivity contribution in [1.29, 1.82) is 5.26 Å². The van der Waals surface area contributed by atoms with Gasteiger partial charge in [-0.1, -0.05) is 0 Å². The van der Waals surface area contributed by atoms with Crippen LogP contribution in [0.1, 0.15) is 17.0 Å². The monoisotopic (exact) mass is 489 g/mol. The molecule has 0 atom stereocenters. The van der Waals surface area contributed by atoms with Crippen molar-refractivity contribution in [2.75, 3.05) is 36.5 Å².